The predicted molar refractivity (Wildman–Crippen MR) is 67.6 cm³/mol. The maximum Gasteiger partial charge on any atom is 0.573 e. The van der Waals surface area contributed by atoms with E-state index in [1.165, 1.54) is 0 Å². The van der Waals surface area contributed by atoms with Crippen molar-refractivity contribution in [1.82, 2.24) is 4.98 Å². The van der Waals surface area contributed by atoms with Crippen LogP contribution >= 0.6 is 38.5 Å². The van der Waals surface area contributed by atoms with Crippen molar-refractivity contribution < 1.29 is 27.4 Å². The molecule has 0 unspecified atom stereocenters. The number of methoxy groups -OCH3 is 1. The number of pyridine rings is 1. The van der Waals surface area contributed by atoms with Gasteiger partial charge in [-0.05, 0) is 22.6 Å². The Kier molecular flexibility index (Phi) is 5.20. The summed E-state index contributed by atoms with van der Waals surface area (Å²) >= 11 is 4.83. The third-order valence-electron chi connectivity index (χ3n) is 1.80. The summed E-state index contributed by atoms with van der Waals surface area (Å²) in [6.45, 7) is 0. The first-order chi connectivity index (χ1) is 8.30. The van der Waals surface area contributed by atoms with Gasteiger partial charge >= 0.3 is 12.3 Å². The number of carbonyl (C=O) groups excluding carboxylic acids is 1. The zero-order valence-corrected chi connectivity index (χ0v) is 12.6. The Hall–Kier alpha value is -0.580. The number of hydrogen-bond acceptors (Lipinski definition) is 4. The number of alkyl halides is 4. The highest BCUT2D eigenvalue weighted by atomic mass is 127. The lowest BCUT2D eigenvalue weighted by atomic mass is 10.2. The van der Waals surface area contributed by atoms with E-state index in [-0.39, 0.29) is 9.13 Å². The molecule has 0 aliphatic rings. The van der Waals surface area contributed by atoms with Crippen LogP contribution in [-0.2, 0) is 10.1 Å². The maximum atomic E-state index is 12.2. The molecule has 1 aromatic heterocycles. The Labute approximate surface area is 122 Å². The van der Waals surface area contributed by atoms with Crippen molar-refractivity contribution >= 4 is 44.5 Å². The predicted octanol–water partition coefficient (Wildman–Crippen LogP) is 3.27. The zero-order valence-electron chi connectivity index (χ0n) is 8.85. The second kappa shape index (κ2) is 6.04. The van der Waals surface area contributed by atoms with Crippen LogP contribution in [0.5, 0.6) is 5.75 Å². The summed E-state index contributed by atoms with van der Waals surface area (Å²) in [6, 6.07) is 0. The standard InChI is InChI=1S/C9H6BrF3INO3/c1-17-8(16)6-5(18-9(11,12)13)3-15-4(2-10)7(6)14/h3H,2H2,1H3. The zero-order chi connectivity index (χ0) is 13.9. The Morgan fingerprint density at radius 2 is 2.17 bits per heavy atom. The normalized spacial score (nSPS) is 11.2. The number of esters is 1. The molecule has 1 heterocycles. The molecule has 18 heavy (non-hydrogen) atoms. The highest BCUT2D eigenvalue weighted by Crippen LogP contribution is 2.31. The Bertz CT molecular complexity index is 467. The summed E-state index contributed by atoms with van der Waals surface area (Å²) < 4.78 is 45.0. The van der Waals surface area contributed by atoms with Gasteiger partial charge in [0.25, 0.3) is 0 Å². The van der Waals surface area contributed by atoms with Gasteiger partial charge < -0.3 is 9.47 Å². The molecule has 1 aromatic rings. The molecule has 0 aliphatic heterocycles. The third kappa shape index (κ3) is 3.70. The van der Waals surface area contributed by atoms with Crippen molar-refractivity contribution in [3.05, 3.63) is 21.0 Å². The highest BCUT2D eigenvalue weighted by molar-refractivity contribution is 14.1. The van der Waals surface area contributed by atoms with E-state index in [4.69, 9.17) is 0 Å². The van der Waals surface area contributed by atoms with Crippen LogP contribution < -0.4 is 4.74 Å². The number of nitrogens with zero attached hydrogens (tertiary/aromatic N) is 1. The van der Waals surface area contributed by atoms with Crippen LogP contribution in [0.25, 0.3) is 0 Å². The molecule has 4 nitrogen and oxygen atoms in total. The number of halogens is 5. The second-order valence-corrected chi connectivity index (χ2v) is 4.57. The molecule has 0 saturated carbocycles. The van der Waals surface area contributed by atoms with Gasteiger partial charge in [0.1, 0.15) is 5.56 Å². The summed E-state index contributed by atoms with van der Waals surface area (Å²) in [5.41, 5.74) is 0.130. The Morgan fingerprint density at radius 3 is 2.61 bits per heavy atom. The Balaban J connectivity index is 3.34. The number of carbonyl (C=O) groups is 1. The molecule has 0 fully saturated rings. The lowest BCUT2D eigenvalue weighted by molar-refractivity contribution is -0.274. The maximum absolute atomic E-state index is 12.2. The van der Waals surface area contributed by atoms with Crippen molar-refractivity contribution in [3.8, 4) is 5.75 Å². The fourth-order valence-corrected chi connectivity index (χ4v) is 2.86. The minimum atomic E-state index is -4.90. The van der Waals surface area contributed by atoms with E-state index in [0.717, 1.165) is 13.3 Å². The molecule has 0 aliphatic carbocycles. The second-order valence-electron chi connectivity index (χ2n) is 2.93. The van der Waals surface area contributed by atoms with E-state index < -0.39 is 18.1 Å². The molecule has 0 aromatic carbocycles. The molecule has 0 spiro atoms. The average Bonchev–Trinajstić information content (AvgIpc) is 2.26. The van der Waals surface area contributed by atoms with E-state index in [1.54, 1.807) is 22.6 Å². The molecule has 0 amide bonds. The third-order valence-corrected chi connectivity index (χ3v) is 3.49. The summed E-state index contributed by atoms with van der Waals surface area (Å²) in [6.07, 6.45) is -4.05. The molecule has 0 N–H and O–H groups in total. The fourth-order valence-electron chi connectivity index (χ4n) is 1.10. The van der Waals surface area contributed by atoms with E-state index in [9.17, 15) is 18.0 Å². The van der Waals surface area contributed by atoms with Crippen molar-refractivity contribution in [2.75, 3.05) is 7.11 Å². The summed E-state index contributed by atoms with van der Waals surface area (Å²) in [5, 5.41) is 0.293. The SMILES string of the molecule is COC(=O)c1c(OC(F)(F)F)cnc(CBr)c1I. The smallest absolute Gasteiger partial charge is 0.465 e. The molecule has 1 rings (SSSR count). The van der Waals surface area contributed by atoms with E-state index >= 15 is 0 Å². The van der Waals surface area contributed by atoms with Crippen LogP contribution in [0.2, 0.25) is 0 Å². The van der Waals surface area contributed by atoms with Gasteiger partial charge in [-0.15, -0.1) is 13.2 Å². The first kappa shape index (κ1) is 15.5. The molecular weight excluding hydrogens is 434 g/mol. The topological polar surface area (TPSA) is 48.4 Å². The minimum absolute atomic E-state index is 0.248. The molecule has 100 valence electrons. The average molecular weight is 440 g/mol. The van der Waals surface area contributed by atoms with Gasteiger partial charge in [-0.3, -0.25) is 4.98 Å². The van der Waals surface area contributed by atoms with Gasteiger partial charge in [-0.25, -0.2) is 4.79 Å². The summed E-state index contributed by atoms with van der Waals surface area (Å²) in [4.78, 5) is 15.3. The molecule has 0 atom stereocenters. The fraction of sp³-hybridized carbons (Fsp3) is 0.333. The number of ether oxygens (including phenoxy) is 2. The van der Waals surface area contributed by atoms with Crippen LogP contribution in [-0.4, -0.2) is 24.4 Å². The molecule has 0 radical (unpaired) electrons. The van der Waals surface area contributed by atoms with Crippen molar-refractivity contribution in [3.63, 3.8) is 0 Å². The van der Waals surface area contributed by atoms with Gasteiger partial charge in [0, 0.05) is 5.33 Å². The van der Waals surface area contributed by atoms with Gasteiger partial charge in [-0.2, -0.15) is 0 Å². The minimum Gasteiger partial charge on any atom is -0.465 e. The number of hydrogen-bond donors (Lipinski definition) is 0. The largest absolute Gasteiger partial charge is 0.573 e. The van der Waals surface area contributed by atoms with E-state index in [2.05, 4.69) is 30.4 Å². The molecule has 0 saturated heterocycles. The lowest BCUT2D eigenvalue weighted by Gasteiger charge is -2.14. The van der Waals surface area contributed by atoms with Crippen LogP contribution in [0, 0.1) is 3.57 Å². The monoisotopic (exact) mass is 439 g/mol. The number of aromatic nitrogens is 1. The van der Waals surface area contributed by atoms with Gasteiger partial charge in [0.2, 0.25) is 0 Å². The van der Waals surface area contributed by atoms with Gasteiger partial charge in [0.05, 0.1) is 22.6 Å². The first-order valence-electron chi connectivity index (χ1n) is 4.37. The van der Waals surface area contributed by atoms with Crippen LogP contribution in [0.15, 0.2) is 6.20 Å². The molecule has 0 bridgehead atoms. The highest BCUT2D eigenvalue weighted by Gasteiger charge is 2.34. The quantitative estimate of drug-likeness (QED) is 0.412. The van der Waals surface area contributed by atoms with Crippen LogP contribution in [0.3, 0.4) is 0 Å². The van der Waals surface area contributed by atoms with Crippen molar-refractivity contribution in [2.45, 2.75) is 11.7 Å². The van der Waals surface area contributed by atoms with Crippen LogP contribution in [0.4, 0.5) is 13.2 Å². The summed E-state index contributed by atoms with van der Waals surface area (Å²) in [5.74, 6) is -1.59. The van der Waals surface area contributed by atoms with Gasteiger partial charge in [0.15, 0.2) is 5.75 Å². The van der Waals surface area contributed by atoms with E-state index in [1.807, 2.05) is 0 Å². The van der Waals surface area contributed by atoms with E-state index in [0.29, 0.717) is 11.0 Å². The molecule has 9 heteroatoms. The number of rotatable bonds is 3. The van der Waals surface area contributed by atoms with Crippen LogP contribution in [0.1, 0.15) is 16.1 Å². The lowest BCUT2D eigenvalue weighted by Crippen LogP contribution is -2.20. The Morgan fingerprint density at radius 1 is 1.56 bits per heavy atom. The van der Waals surface area contributed by atoms with Gasteiger partial charge in [-0.1, -0.05) is 15.9 Å². The van der Waals surface area contributed by atoms with Crippen molar-refractivity contribution in [1.29, 1.82) is 0 Å². The molecular formula is C9H6BrF3INO3. The first-order valence-corrected chi connectivity index (χ1v) is 6.57. The van der Waals surface area contributed by atoms with Crippen molar-refractivity contribution in [2.24, 2.45) is 0 Å². The summed E-state index contributed by atoms with van der Waals surface area (Å²) in [7, 11) is 1.07.